The van der Waals surface area contributed by atoms with Gasteiger partial charge in [-0.15, -0.1) is 0 Å². The van der Waals surface area contributed by atoms with Crippen LogP contribution in [0, 0.1) is 195 Å². The molecule has 0 heterocycles. The Hall–Kier alpha value is 0. The van der Waals surface area contributed by atoms with E-state index in [1.54, 1.807) is 0 Å². The van der Waals surface area contributed by atoms with Crippen LogP contribution in [0.15, 0.2) is 0 Å². The van der Waals surface area contributed by atoms with Crippen molar-refractivity contribution in [1.29, 1.82) is 0 Å². The van der Waals surface area contributed by atoms with E-state index >= 15 is 0 Å². The van der Waals surface area contributed by atoms with E-state index in [1.807, 2.05) is 0 Å². The average molecular weight is 878 g/mol. The van der Waals surface area contributed by atoms with E-state index in [-0.39, 0.29) is 22.3 Å². The first-order valence-electron chi connectivity index (χ1n) is 28.1. The van der Waals surface area contributed by atoms with Crippen molar-refractivity contribution in [3.63, 3.8) is 0 Å². The summed E-state index contributed by atoms with van der Waals surface area (Å²) in [6, 6.07) is 0. The zero-order chi connectivity index (χ0) is 44.3. The molecule has 0 radical (unpaired) electrons. The Labute approximate surface area is 399 Å². The molecule has 0 N–H and O–H groups in total. The highest BCUT2D eigenvalue weighted by molar-refractivity contribution is 5.08. The molecule has 0 aromatic rings. The predicted octanol–water partition coefficient (Wildman–Crippen LogP) is 19.1. The van der Waals surface area contributed by atoms with Gasteiger partial charge >= 0.3 is 0 Å². The second-order valence-corrected chi connectivity index (χ2v) is 27.3. The topological polar surface area (TPSA) is 0 Å². The quantitative estimate of drug-likeness (QED) is 0.227. The van der Waals surface area contributed by atoms with Crippen LogP contribution in [-0.2, 0) is 0 Å². The third-order valence-electron chi connectivity index (χ3n) is 26.4. The predicted molar refractivity (Wildman–Crippen MR) is 282 cm³/mol. The van der Waals surface area contributed by atoms with Crippen LogP contribution in [-0.4, -0.2) is 0 Å². The lowest BCUT2D eigenvalue weighted by Crippen LogP contribution is -2.54. The lowest BCUT2D eigenvalue weighted by Gasteiger charge is -2.59. The van der Waals surface area contributed by atoms with Crippen molar-refractivity contribution in [3.8, 4) is 0 Å². The summed E-state index contributed by atoms with van der Waals surface area (Å²) < 4.78 is 0. The maximum absolute atomic E-state index is 2.62. The second kappa shape index (κ2) is 20.9. The number of hydrogen-bond donors (Lipinski definition) is 0. The molecule has 9 rings (SSSR count). The van der Waals surface area contributed by atoms with E-state index in [0.717, 1.165) is 195 Å². The molecule has 372 valence electrons. The van der Waals surface area contributed by atoms with Crippen molar-refractivity contribution < 1.29 is 0 Å². The van der Waals surface area contributed by atoms with Crippen LogP contribution < -0.4 is 0 Å². The van der Waals surface area contributed by atoms with Gasteiger partial charge in [-0.05, 0) is 215 Å². The summed E-state index contributed by atoms with van der Waals surface area (Å²) in [6.45, 7) is 53.9. The minimum atomic E-state index is 0. The van der Waals surface area contributed by atoms with E-state index in [9.17, 15) is 0 Å². The largest absolute Gasteiger partial charge is 0.0776 e. The van der Waals surface area contributed by atoms with E-state index in [0.29, 0.717) is 0 Å². The Morgan fingerprint density at radius 1 is 0.159 bits per heavy atom. The maximum atomic E-state index is 2.62. The standard InChI is InChI=1S/3C20H36.3CH4/c1-10-8-9-17-13(4)16(7)19-14(5)11(2)12(3)15(6)20(19)18(10)17;1-10-8-9-17-15(6)19-13(4)11(2)12(3)14(5)20(19)16(7)18(10)17;1-10-8-9-17-18(10)15(6)16(7)19-13(4)11(2)12(3)14(5)20(17)19;;;/h3*10-20H,8-9H2,1-7H3;3*1H4. The minimum Gasteiger partial charge on any atom is -0.0776 e. The summed E-state index contributed by atoms with van der Waals surface area (Å²) in [6.07, 6.45) is 9.07. The monoisotopic (exact) mass is 877 g/mol. The van der Waals surface area contributed by atoms with E-state index < -0.39 is 0 Å². The van der Waals surface area contributed by atoms with Gasteiger partial charge in [0.2, 0.25) is 0 Å². The van der Waals surface area contributed by atoms with Crippen LogP contribution in [0.2, 0.25) is 0 Å². The van der Waals surface area contributed by atoms with Gasteiger partial charge in [0.05, 0.1) is 0 Å². The Bertz CT molecular complexity index is 1390. The smallest absolute Gasteiger partial charge is 0.0318 e. The fraction of sp³-hybridized carbons (Fsp3) is 1.00. The van der Waals surface area contributed by atoms with E-state index in [2.05, 4.69) is 145 Å². The first kappa shape index (κ1) is 55.6. The van der Waals surface area contributed by atoms with Crippen molar-refractivity contribution in [3.05, 3.63) is 0 Å². The molecule has 33 atom stereocenters. The molecule has 0 amide bonds. The lowest BCUT2D eigenvalue weighted by molar-refractivity contribution is -0.116. The number of hydrogen-bond acceptors (Lipinski definition) is 0. The molecule has 0 heteroatoms. The summed E-state index contributed by atoms with van der Waals surface area (Å²) in [7, 11) is 0. The molecule has 0 saturated heterocycles. The Balaban J connectivity index is 0.000000203. The summed E-state index contributed by atoms with van der Waals surface area (Å²) >= 11 is 0. The molecular formula is C63H120. The molecule has 9 saturated carbocycles. The van der Waals surface area contributed by atoms with Gasteiger partial charge in [0, 0.05) is 0 Å². The molecule has 9 fully saturated rings. The molecule has 0 aromatic heterocycles. The minimum absolute atomic E-state index is 0. The van der Waals surface area contributed by atoms with Gasteiger partial charge in [-0.25, -0.2) is 0 Å². The van der Waals surface area contributed by atoms with Gasteiger partial charge < -0.3 is 0 Å². The third kappa shape index (κ3) is 8.83. The first-order chi connectivity index (χ1) is 28.1. The molecule has 0 bridgehead atoms. The molecule has 0 spiro atoms. The average Bonchev–Trinajstić information content (AvgIpc) is 3.93. The summed E-state index contributed by atoms with van der Waals surface area (Å²) in [5.41, 5.74) is 0. The lowest BCUT2D eigenvalue weighted by atomic mass is 9.46. The zero-order valence-corrected chi connectivity index (χ0v) is 44.3. The normalized spacial score (nSPS) is 59.9. The van der Waals surface area contributed by atoms with Crippen molar-refractivity contribution in [2.75, 3.05) is 0 Å². The second-order valence-electron chi connectivity index (χ2n) is 27.3. The molecule has 33 unspecified atom stereocenters. The fourth-order valence-corrected chi connectivity index (χ4v) is 21.6. The zero-order valence-electron chi connectivity index (χ0n) is 44.3. The van der Waals surface area contributed by atoms with Gasteiger partial charge in [0.15, 0.2) is 0 Å². The highest BCUT2D eigenvalue weighted by Crippen LogP contribution is 2.66. The van der Waals surface area contributed by atoms with Gasteiger partial charge in [-0.3, -0.25) is 0 Å². The highest BCUT2D eigenvalue weighted by Gasteiger charge is 2.60. The fourth-order valence-electron chi connectivity index (χ4n) is 21.6. The van der Waals surface area contributed by atoms with Crippen LogP contribution in [0.4, 0.5) is 0 Å². The summed E-state index contributed by atoms with van der Waals surface area (Å²) in [5.74, 6) is 32.0. The van der Waals surface area contributed by atoms with Crippen LogP contribution in [0.3, 0.4) is 0 Å². The van der Waals surface area contributed by atoms with Crippen LogP contribution in [0.5, 0.6) is 0 Å². The molecular weight excluding hydrogens is 757 g/mol. The molecule has 63 heavy (non-hydrogen) atoms. The molecule has 0 nitrogen and oxygen atoms in total. The van der Waals surface area contributed by atoms with Crippen molar-refractivity contribution in [2.45, 2.75) is 206 Å². The molecule has 0 aliphatic heterocycles. The third-order valence-corrected chi connectivity index (χ3v) is 26.4. The van der Waals surface area contributed by atoms with E-state index in [1.165, 1.54) is 38.5 Å². The molecule has 9 aliphatic rings. The first-order valence-corrected chi connectivity index (χ1v) is 28.1. The Morgan fingerprint density at radius 2 is 0.397 bits per heavy atom. The van der Waals surface area contributed by atoms with Gasteiger partial charge in [0.25, 0.3) is 0 Å². The molecule has 9 aliphatic carbocycles. The Kier molecular flexibility index (Phi) is 18.5. The van der Waals surface area contributed by atoms with Crippen molar-refractivity contribution >= 4 is 0 Å². The SMILES string of the molecule is C.C.C.CC1CCC2C(C)C(C)C3C(C)C(C)C(C)C(C)C3C12.CC1CCC2C(C)C3C(C)C(C)C(C)C(C)C3C(C)C12.CC1CCC2C1C(C)C(C)C1C(C)C(C)C(C)C(C)C21. The van der Waals surface area contributed by atoms with Gasteiger partial charge in [-0.1, -0.05) is 187 Å². The highest BCUT2D eigenvalue weighted by atomic mass is 14.6. The summed E-state index contributed by atoms with van der Waals surface area (Å²) in [4.78, 5) is 0. The number of fused-ring (bicyclic) bond motifs is 8. The Morgan fingerprint density at radius 3 is 0.825 bits per heavy atom. The van der Waals surface area contributed by atoms with Crippen molar-refractivity contribution in [1.82, 2.24) is 0 Å². The van der Waals surface area contributed by atoms with Crippen LogP contribution in [0.1, 0.15) is 206 Å². The van der Waals surface area contributed by atoms with Crippen LogP contribution in [0.25, 0.3) is 0 Å². The maximum Gasteiger partial charge on any atom is -0.0318 e. The number of rotatable bonds is 0. The van der Waals surface area contributed by atoms with Crippen LogP contribution >= 0.6 is 0 Å². The van der Waals surface area contributed by atoms with Gasteiger partial charge in [0.1, 0.15) is 0 Å². The van der Waals surface area contributed by atoms with E-state index in [4.69, 9.17) is 0 Å². The van der Waals surface area contributed by atoms with Crippen molar-refractivity contribution in [2.24, 2.45) is 195 Å². The molecule has 0 aromatic carbocycles. The summed E-state index contributed by atoms with van der Waals surface area (Å²) in [5, 5.41) is 0. The van der Waals surface area contributed by atoms with Gasteiger partial charge in [-0.2, -0.15) is 0 Å².